The zero-order valence-electron chi connectivity index (χ0n) is 15.0. The quantitative estimate of drug-likeness (QED) is 0.865. The molecule has 0 radical (unpaired) electrons. The number of likely N-dealkylation sites (tertiary alicyclic amines) is 1. The van der Waals surface area contributed by atoms with Crippen molar-refractivity contribution in [2.45, 2.75) is 64.8 Å². The van der Waals surface area contributed by atoms with Gasteiger partial charge in [-0.1, -0.05) is 26.2 Å². The Morgan fingerprint density at radius 2 is 1.61 bits per heavy atom. The lowest BCUT2D eigenvalue weighted by Gasteiger charge is -2.36. The first-order valence-corrected chi connectivity index (χ1v) is 9.27. The zero-order valence-corrected chi connectivity index (χ0v) is 15.0. The van der Waals surface area contributed by atoms with Crippen LogP contribution in [0, 0.1) is 11.8 Å². The summed E-state index contributed by atoms with van der Waals surface area (Å²) >= 11 is 0. The van der Waals surface area contributed by atoms with Crippen molar-refractivity contribution in [1.82, 2.24) is 15.1 Å². The lowest BCUT2D eigenvalue weighted by atomic mass is 9.81. The summed E-state index contributed by atoms with van der Waals surface area (Å²) in [6, 6.07) is 0.354. The van der Waals surface area contributed by atoms with Crippen molar-refractivity contribution in [2.75, 3.05) is 26.7 Å². The van der Waals surface area contributed by atoms with E-state index in [2.05, 4.69) is 12.2 Å². The highest BCUT2D eigenvalue weighted by Crippen LogP contribution is 2.30. The van der Waals surface area contributed by atoms with Gasteiger partial charge in [-0.05, 0) is 37.5 Å². The Kier molecular flexibility index (Phi) is 6.72. The maximum Gasteiger partial charge on any atom is 0.317 e. The Hall–Kier alpha value is -1.26. The van der Waals surface area contributed by atoms with Gasteiger partial charge in [0.2, 0.25) is 5.91 Å². The number of carbonyl (C=O) groups excluding carboxylic acids is 2. The van der Waals surface area contributed by atoms with E-state index in [-0.39, 0.29) is 18.0 Å². The Balaban J connectivity index is 1.66. The molecule has 0 bridgehead atoms. The molecule has 1 aliphatic heterocycles. The van der Waals surface area contributed by atoms with Gasteiger partial charge in [-0.25, -0.2) is 4.79 Å². The van der Waals surface area contributed by atoms with Crippen molar-refractivity contribution in [2.24, 2.45) is 11.8 Å². The van der Waals surface area contributed by atoms with E-state index in [0.29, 0.717) is 5.92 Å². The number of hydrogen-bond donors (Lipinski definition) is 1. The summed E-state index contributed by atoms with van der Waals surface area (Å²) in [6.07, 6.45) is 8.20. The Labute approximate surface area is 140 Å². The number of carbonyl (C=O) groups is 2. The maximum absolute atomic E-state index is 12.3. The fourth-order valence-electron chi connectivity index (χ4n) is 3.90. The SMILES string of the molecule is CCC1CCC(CNC(=O)N2CCC(N(C)C(C)=O)CC2)CC1. The summed E-state index contributed by atoms with van der Waals surface area (Å²) in [7, 11) is 1.86. The van der Waals surface area contributed by atoms with Gasteiger partial charge in [0.05, 0.1) is 0 Å². The molecule has 5 heteroatoms. The molecule has 3 amide bonds. The molecule has 1 saturated heterocycles. The lowest BCUT2D eigenvalue weighted by molar-refractivity contribution is -0.130. The second kappa shape index (κ2) is 8.55. The first-order chi connectivity index (χ1) is 11.0. The van der Waals surface area contributed by atoms with E-state index in [4.69, 9.17) is 0 Å². The topological polar surface area (TPSA) is 52.7 Å². The van der Waals surface area contributed by atoms with Crippen LogP contribution in [0.4, 0.5) is 4.79 Å². The number of piperidine rings is 1. The normalized spacial score (nSPS) is 26.0. The van der Waals surface area contributed by atoms with Gasteiger partial charge in [0, 0.05) is 39.6 Å². The van der Waals surface area contributed by atoms with E-state index >= 15 is 0 Å². The van der Waals surface area contributed by atoms with Crippen molar-refractivity contribution in [3.05, 3.63) is 0 Å². The van der Waals surface area contributed by atoms with Crippen molar-refractivity contribution >= 4 is 11.9 Å². The number of nitrogens with one attached hydrogen (secondary N) is 1. The smallest absolute Gasteiger partial charge is 0.317 e. The summed E-state index contributed by atoms with van der Waals surface area (Å²) in [5, 5.41) is 3.13. The molecule has 23 heavy (non-hydrogen) atoms. The number of urea groups is 1. The molecule has 1 N–H and O–H groups in total. The molecule has 0 atom stereocenters. The highest BCUT2D eigenvalue weighted by molar-refractivity contribution is 5.75. The Bertz CT molecular complexity index is 397. The van der Waals surface area contributed by atoms with Crippen LogP contribution in [0.1, 0.15) is 58.8 Å². The molecular formula is C18H33N3O2. The molecule has 0 aromatic heterocycles. The summed E-state index contributed by atoms with van der Waals surface area (Å²) in [6.45, 7) is 6.20. The standard InChI is InChI=1S/C18H33N3O2/c1-4-15-5-7-16(8-6-15)13-19-18(23)21-11-9-17(10-12-21)20(3)14(2)22/h15-17H,4-13H2,1-3H3,(H,19,23). The van der Waals surface area contributed by atoms with E-state index < -0.39 is 0 Å². The summed E-state index contributed by atoms with van der Waals surface area (Å²) in [5.41, 5.74) is 0. The molecule has 1 saturated carbocycles. The van der Waals surface area contributed by atoms with Crippen molar-refractivity contribution < 1.29 is 9.59 Å². The van der Waals surface area contributed by atoms with Gasteiger partial charge in [-0.15, -0.1) is 0 Å². The van der Waals surface area contributed by atoms with Gasteiger partial charge in [0.15, 0.2) is 0 Å². The van der Waals surface area contributed by atoms with Gasteiger partial charge in [-0.2, -0.15) is 0 Å². The second-order valence-corrected chi connectivity index (χ2v) is 7.33. The molecule has 1 aliphatic carbocycles. The summed E-state index contributed by atoms with van der Waals surface area (Å²) < 4.78 is 0. The average Bonchev–Trinajstić information content (AvgIpc) is 2.59. The average molecular weight is 323 g/mol. The third-order valence-electron chi connectivity index (χ3n) is 5.88. The molecule has 2 fully saturated rings. The van der Waals surface area contributed by atoms with Crippen LogP contribution in [0.5, 0.6) is 0 Å². The minimum absolute atomic E-state index is 0.0755. The largest absolute Gasteiger partial charge is 0.343 e. The van der Waals surface area contributed by atoms with Crippen LogP contribution in [0.2, 0.25) is 0 Å². The molecule has 1 heterocycles. The number of nitrogens with zero attached hydrogens (tertiary/aromatic N) is 2. The summed E-state index contributed by atoms with van der Waals surface area (Å²) in [5.74, 6) is 1.66. The highest BCUT2D eigenvalue weighted by Gasteiger charge is 2.27. The molecule has 0 aromatic carbocycles. The first kappa shape index (κ1) is 18.1. The van der Waals surface area contributed by atoms with Gasteiger partial charge in [-0.3, -0.25) is 4.79 Å². The fourth-order valence-corrected chi connectivity index (χ4v) is 3.90. The zero-order chi connectivity index (χ0) is 16.8. The molecule has 5 nitrogen and oxygen atoms in total. The van der Waals surface area contributed by atoms with Gasteiger partial charge in [0.25, 0.3) is 0 Å². The molecule has 0 spiro atoms. The van der Waals surface area contributed by atoms with E-state index in [1.54, 1.807) is 11.8 Å². The molecule has 2 aliphatic rings. The van der Waals surface area contributed by atoms with Gasteiger partial charge in [0.1, 0.15) is 0 Å². The fraction of sp³-hybridized carbons (Fsp3) is 0.889. The van der Waals surface area contributed by atoms with Gasteiger partial charge < -0.3 is 15.1 Å². The Morgan fingerprint density at radius 1 is 1.04 bits per heavy atom. The van der Waals surface area contributed by atoms with Crippen molar-refractivity contribution in [3.8, 4) is 0 Å². The second-order valence-electron chi connectivity index (χ2n) is 7.33. The lowest BCUT2D eigenvalue weighted by Crippen LogP contribution is -2.50. The van der Waals surface area contributed by atoms with E-state index in [1.165, 1.54) is 32.1 Å². The predicted octanol–water partition coefficient (Wildman–Crippen LogP) is 2.86. The number of rotatable bonds is 4. The van der Waals surface area contributed by atoms with Crippen LogP contribution in [0.25, 0.3) is 0 Å². The van der Waals surface area contributed by atoms with Crippen LogP contribution < -0.4 is 5.32 Å². The Morgan fingerprint density at radius 3 is 2.13 bits per heavy atom. The molecule has 0 unspecified atom stereocenters. The van der Waals surface area contributed by atoms with Crippen LogP contribution in [-0.4, -0.2) is 54.5 Å². The monoisotopic (exact) mass is 323 g/mol. The van der Waals surface area contributed by atoms with Crippen LogP contribution >= 0.6 is 0 Å². The molecule has 2 rings (SSSR count). The third-order valence-corrected chi connectivity index (χ3v) is 5.88. The predicted molar refractivity (Wildman–Crippen MR) is 92.2 cm³/mol. The van der Waals surface area contributed by atoms with Crippen molar-refractivity contribution in [3.63, 3.8) is 0 Å². The third kappa shape index (κ3) is 5.11. The molecule has 0 aromatic rings. The minimum Gasteiger partial charge on any atom is -0.343 e. The minimum atomic E-state index is 0.0755. The maximum atomic E-state index is 12.3. The van der Waals surface area contributed by atoms with Gasteiger partial charge >= 0.3 is 6.03 Å². The van der Waals surface area contributed by atoms with Crippen molar-refractivity contribution in [1.29, 1.82) is 0 Å². The molecular weight excluding hydrogens is 290 g/mol. The van der Waals surface area contributed by atoms with Crippen LogP contribution in [0.15, 0.2) is 0 Å². The highest BCUT2D eigenvalue weighted by atomic mass is 16.2. The number of hydrogen-bond acceptors (Lipinski definition) is 2. The van der Waals surface area contributed by atoms with E-state index in [1.807, 2.05) is 11.9 Å². The number of amides is 3. The van der Waals surface area contributed by atoms with E-state index in [9.17, 15) is 9.59 Å². The van der Waals surface area contributed by atoms with Crippen LogP contribution in [0.3, 0.4) is 0 Å². The molecule has 132 valence electrons. The van der Waals surface area contributed by atoms with Crippen LogP contribution in [-0.2, 0) is 4.79 Å². The van der Waals surface area contributed by atoms with E-state index in [0.717, 1.165) is 38.4 Å². The summed E-state index contributed by atoms with van der Waals surface area (Å²) in [4.78, 5) is 27.4. The first-order valence-electron chi connectivity index (χ1n) is 9.27.